The summed E-state index contributed by atoms with van der Waals surface area (Å²) in [4.78, 5) is 15.9. The summed E-state index contributed by atoms with van der Waals surface area (Å²) in [5, 5.41) is 8.84. The molecular formula is C20H23ClN2O3. The van der Waals surface area contributed by atoms with E-state index < -0.39 is 5.97 Å². The molecule has 0 fully saturated rings. The van der Waals surface area contributed by atoms with Gasteiger partial charge in [-0.25, -0.2) is 4.85 Å². The molecule has 138 valence electrons. The second kappa shape index (κ2) is 10.4. The topological polar surface area (TPSA) is 54.1 Å². The molecule has 0 saturated heterocycles. The summed E-state index contributed by atoms with van der Waals surface area (Å²) in [7, 11) is 1.82. The summed E-state index contributed by atoms with van der Waals surface area (Å²) < 4.78 is 5.76. The minimum absolute atomic E-state index is 0. The van der Waals surface area contributed by atoms with Crippen molar-refractivity contribution in [3.05, 3.63) is 71.1 Å². The van der Waals surface area contributed by atoms with Gasteiger partial charge in [-0.1, -0.05) is 36.4 Å². The average Bonchev–Trinajstić information content (AvgIpc) is 2.61. The van der Waals surface area contributed by atoms with Crippen LogP contribution in [0.25, 0.3) is 4.85 Å². The Morgan fingerprint density at radius 1 is 1.15 bits per heavy atom. The quantitative estimate of drug-likeness (QED) is 0.704. The third-order valence-electron chi connectivity index (χ3n) is 4.06. The normalized spacial score (nSPS) is 11.3. The lowest BCUT2D eigenvalue weighted by Crippen LogP contribution is -2.35. The highest BCUT2D eigenvalue weighted by Gasteiger charge is 2.12. The van der Waals surface area contributed by atoms with Crippen LogP contribution in [-0.4, -0.2) is 35.6 Å². The molecular weight excluding hydrogens is 352 g/mol. The van der Waals surface area contributed by atoms with Gasteiger partial charge in [-0.15, -0.1) is 12.4 Å². The lowest BCUT2D eigenvalue weighted by Gasteiger charge is -2.22. The van der Waals surface area contributed by atoms with Crippen LogP contribution in [0.5, 0.6) is 5.75 Å². The summed E-state index contributed by atoms with van der Waals surface area (Å²) in [6.07, 6.45) is 0.780. The van der Waals surface area contributed by atoms with E-state index in [0.29, 0.717) is 12.3 Å². The fourth-order valence-corrected chi connectivity index (χ4v) is 2.42. The second-order valence-electron chi connectivity index (χ2n) is 6.07. The predicted molar refractivity (Wildman–Crippen MR) is 104 cm³/mol. The van der Waals surface area contributed by atoms with E-state index in [1.165, 1.54) is 0 Å². The van der Waals surface area contributed by atoms with Gasteiger partial charge in [0.1, 0.15) is 12.4 Å². The van der Waals surface area contributed by atoms with Crippen LogP contribution in [-0.2, 0) is 17.8 Å². The summed E-state index contributed by atoms with van der Waals surface area (Å²) in [5.41, 5.74) is 2.77. The number of likely N-dealkylation sites (N-methyl/N-ethyl adjacent to an activating group) is 1. The molecule has 2 rings (SSSR count). The Hall–Kier alpha value is -2.55. The van der Waals surface area contributed by atoms with Gasteiger partial charge >= 0.3 is 5.97 Å². The number of carboxylic acid groups (broad SMARTS) is 1. The maximum absolute atomic E-state index is 10.8. The number of ether oxygens (including phenoxy) is 1. The van der Waals surface area contributed by atoms with Gasteiger partial charge in [0, 0.05) is 6.04 Å². The first-order valence-electron chi connectivity index (χ1n) is 8.08. The van der Waals surface area contributed by atoms with Gasteiger partial charge in [-0.3, -0.25) is 9.69 Å². The summed E-state index contributed by atoms with van der Waals surface area (Å²) >= 11 is 0. The Morgan fingerprint density at radius 2 is 1.73 bits per heavy atom. The highest BCUT2D eigenvalue weighted by molar-refractivity contribution is 5.85. The Kier molecular flexibility index (Phi) is 8.63. The molecule has 26 heavy (non-hydrogen) atoms. The highest BCUT2D eigenvalue weighted by Crippen LogP contribution is 2.18. The molecule has 2 aromatic rings. The zero-order valence-electron chi connectivity index (χ0n) is 14.9. The zero-order chi connectivity index (χ0) is 18.2. The summed E-state index contributed by atoms with van der Waals surface area (Å²) in [6.45, 7) is 9.44. The molecule has 1 N–H and O–H groups in total. The van der Waals surface area contributed by atoms with Gasteiger partial charge in [0.15, 0.2) is 5.69 Å². The van der Waals surface area contributed by atoms with Crippen molar-refractivity contribution in [2.24, 2.45) is 0 Å². The first-order chi connectivity index (χ1) is 12.0. The number of hydrogen-bond acceptors (Lipinski definition) is 3. The Labute approximate surface area is 160 Å². The van der Waals surface area contributed by atoms with Crippen LogP contribution in [0.2, 0.25) is 0 Å². The fraction of sp³-hybridized carbons (Fsp3) is 0.300. The molecule has 0 amide bonds. The van der Waals surface area contributed by atoms with Crippen molar-refractivity contribution in [2.45, 2.75) is 26.0 Å². The summed E-state index contributed by atoms with van der Waals surface area (Å²) in [5.74, 6) is -0.0351. The predicted octanol–water partition coefficient (Wildman–Crippen LogP) is 4.19. The van der Waals surface area contributed by atoms with Crippen LogP contribution in [0, 0.1) is 6.57 Å². The Morgan fingerprint density at radius 3 is 2.27 bits per heavy atom. The molecule has 0 aromatic heterocycles. The third-order valence-corrected chi connectivity index (χ3v) is 4.06. The average molecular weight is 375 g/mol. The number of rotatable bonds is 8. The van der Waals surface area contributed by atoms with E-state index in [1.807, 2.05) is 55.3 Å². The van der Waals surface area contributed by atoms with E-state index in [2.05, 4.69) is 4.85 Å². The van der Waals surface area contributed by atoms with Gasteiger partial charge in [0.05, 0.1) is 13.1 Å². The van der Waals surface area contributed by atoms with E-state index in [9.17, 15) is 4.79 Å². The largest absolute Gasteiger partial charge is 0.489 e. The minimum Gasteiger partial charge on any atom is -0.489 e. The lowest BCUT2D eigenvalue weighted by atomic mass is 10.1. The van der Waals surface area contributed by atoms with E-state index in [-0.39, 0.29) is 25.0 Å². The van der Waals surface area contributed by atoms with Crippen molar-refractivity contribution in [1.29, 1.82) is 0 Å². The number of benzene rings is 2. The van der Waals surface area contributed by atoms with Gasteiger partial charge in [-0.05, 0) is 43.7 Å². The number of aliphatic carboxylic acids is 1. The summed E-state index contributed by atoms with van der Waals surface area (Å²) in [6, 6.07) is 15.3. The number of carboxylic acids is 1. The van der Waals surface area contributed by atoms with Crippen molar-refractivity contribution < 1.29 is 14.6 Å². The van der Waals surface area contributed by atoms with Crippen LogP contribution in [0.3, 0.4) is 0 Å². The SMILES string of the molecule is Cl.[C-]#[N+]c1ccc(COc2ccc(C[C@@H](C)N(C)CC(=O)O)cc2)cc1. The molecule has 0 spiro atoms. The Bertz CT molecular complexity index is 739. The third kappa shape index (κ3) is 6.75. The second-order valence-corrected chi connectivity index (χ2v) is 6.07. The number of halogens is 1. The van der Waals surface area contributed by atoms with Gasteiger partial charge in [-0.2, -0.15) is 0 Å². The smallest absolute Gasteiger partial charge is 0.317 e. The zero-order valence-corrected chi connectivity index (χ0v) is 15.7. The molecule has 1 atom stereocenters. The van der Waals surface area contributed by atoms with Crippen LogP contribution in [0.1, 0.15) is 18.1 Å². The van der Waals surface area contributed by atoms with E-state index in [1.54, 1.807) is 12.1 Å². The molecule has 5 nitrogen and oxygen atoms in total. The first-order valence-corrected chi connectivity index (χ1v) is 8.08. The van der Waals surface area contributed by atoms with E-state index >= 15 is 0 Å². The van der Waals surface area contributed by atoms with Crippen molar-refractivity contribution in [3.63, 3.8) is 0 Å². The standard InChI is InChI=1S/C20H22N2O3.ClH/c1-15(22(3)13-20(23)24)12-16-6-10-19(11-7-16)25-14-17-4-8-18(21-2)9-5-17;/h4-11,15H,12-14H2,1,3H3,(H,23,24);1H/t15-;/m1./s1. The van der Waals surface area contributed by atoms with Crippen LogP contribution in [0.15, 0.2) is 48.5 Å². The fourth-order valence-electron chi connectivity index (χ4n) is 2.42. The number of nitrogens with zero attached hydrogens (tertiary/aromatic N) is 2. The maximum Gasteiger partial charge on any atom is 0.317 e. The van der Waals surface area contributed by atoms with Crippen LogP contribution >= 0.6 is 12.4 Å². The number of hydrogen-bond donors (Lipinski definition) is 1. The number of carbonyl (C=O) groups is 1. The lowest BCUT2D eigenvalue weighted by molar-refractivity contribution is -0.138. The monoisotopic (exact) mass is 374 g/mol. The van der Waals surface area contributed by atoms with Crippen molar-refractivity contribution in [2.75, 3.05) is 13.6 Å². The molecule has 2 aromatic carbocycles. The first kappa shape index (κ1) is 21.5. The van der Waals surface area contributed by atoms with E-state index in [4.69, 9.17) is 16.4 Å². The Balaban J connectivity index is 0.00000338. The van der Waals surface area contributed by atoms with Gasteiger partial charge in [0.25, 0.3) is 0 Å². The molecule has 0 aliphatic carbocycles. The molecule has 0 unspecified atom stereocenters. The van der Waals surface area contributed by atoms with Crippen LogP contribution in [0.4, 0.5) is 5.69 Å². The van der Waals surface area contributed by atoms with Crippen molar-refractivity contribution >= 4 is 24.1 Å². The highest BCUT2D eigenvalue weighted by atomic mass is 35.5. The maximum atomic E-state index is 10.8. The molecule has 0 radical (unpaired) electrons. The van der Waals surface area contributed by atoms with E-state index in [0.717, 1.165) is 23.3 Å². The molecule has 0 aliphatic heterocycles. The van der Waals surface area contributed by atoms with Crippen molar-refractivity contribution in [3.8, 4) is 5.75 Å². The molecule has 0 saturated carbocycles. The molecule has 0 aliphatic rings. The van der Waals surface area contributed by atoms with Crippen LogP contribution < -0.4 is 4.74 Å². The molecule has 0 heterocycles. The minimum atomic E-state index is -0.817. The van der Waals surface area contributed by atoms with Crippen molar-refractivity contribution in [1.82, 2.24) is 4.90 Å². The van der Waals surface area contributed by atoms with Gasteiger partial charge < -0.3 is 9.84 Å². The molecule has 0 bridgehead atoms. The van der Waals surface area contributed by atoms with Gasteiger partial charge in [0.2, 0.25) is 0 Å². The molecule has 6 heteroatoms.